The van der Waals surface area contributed by atoms with Crippen LogP contribution in [0.5, 0.6) is 5.75 Å². The van der Waals surface area contributed by atoms with Crippen LogP contribution in [0.2, 0.25) is 0 Å². The van der Waals surface area contributed by atoms with Gasteiger partial charge in [-0.05, 0) is 49.2 Å². The number of carbonyl (C=O) groups is 1. The van der Waals surface area contributed by atoms with E-state index in [1.807, 2.05) is 30.3 Å². The molecule has 1 saturated heterocycles. The number of rotatable bonds is 9. The predicted molar refractivity (Wildman–Crippen MR) is 118 cm³/mol. The van der Waals surface area contributed by atoms with Crippen LogP contribution in [0.15, 0.2) is 48.5 Å². The molecule has 2 aromatic carbocycles. The van der Waals surface area contributed by atoms with E-state index in [-0.39, 0.29) is 5.91 Å². The third kappa shape index (κ3) is 4.49. The maximum absolute atomic E-state index is 12.5. The Bertz CT molecular complexity index is 1010. The Morgan fingerprint density at radius 2 is 2.07 bits per heavy atom. The SMILES string of the molecule is COc1cccc(CNCCC2CCC(=O)N2CCc2nc3ccccc3n2C)c1. The van der Waals surface area contributed by atoms with Crippen LogP contribution >= 0.6 is 0 Å². The van der Waals surface area contributed by atoms with Crippen molar-refractivity contribution in [1.29, 1.82) is 0 Å². The Morgan fingerprint density at radius 1 is 1.20 bits per heavy atom. The second-order valence-corrected chi connectivity index (χ2v) is 7.92. The fourth-order valence-corrected chi connectivity index (χ4v) is 4.32. The van der Waals surface area contributed by atoms with Gasteiger partial charge >= 0.3 is 0 Å². The van der Waals surface area contributed by atoms with Crippen molar-refractivity contribution in [3.05, 3.63) is 59.9 Å². The van der Waals surface area contributed by atoms with E-state index in [1.54, 1.807) is 7.11 Å². The van der Waals surface area contributed by atoms with Crippen LogP contribution in [0.3, 0.4) is 0 Å². The summed E-state index contributed by atoms with van der Waals surface area (Å²) in [5, 5.41) is 3.51. The van der Waals surface area contributed by atoms with E-state index < -0.39 is 0 Å². The summed E-state index contributed by atoms with van der Waals surface area (Å²) >= 11 is 0. The molecule has 1 amide bonds. The number of likely N-dealkylation sites (tertiary alicyclic amines) is 1. The van der Waals surface area contributed by atoms with E-state index in [0.717, 1.165) is 61.5 Å². The fraction of sp³-hybridized carbons (Fsp3) is 0.417. The molecule has 4 rings (SSSR count). The second kappa shape index (κ2) is 9.30. The van der Waals surface area contributed by atoms with Crippen LogP contribution in [0, 0.1) is 0 Å². The lowest BCUT2D eigenvalue weighted by Gasteiger charge is -2.25. The van der Waals surface area contributed by atoms with Gasteiger partial charge in [0.1, 0.15) is 11.6 Å². The number of aromatic nitrogens is 2. The van der Waals surface area contributed by atoms with Crippen molar-refractivity contribution in [2.75, 3.05) is 20.2 Å². The number of imidazole rings is 1. The maximum atomic E-state index is 12.5. The Balaban J connectivity index is 1.29. The van der Waals surface area contributed by atoms with Crippen LogP contribution < -0.4 is 10.1 Å². The molecule has 0 saturated carbocycles. The zero-order valence-corrected chi connectivity index (χ0v) is 17.8. The quantitative estimate of drug-likeness (QED) is 0.554. The maximum Gasteiger partial charge on any atom is 0.222 e. The highest BCUT2D eigenvalue weighted by molar-refractivity contribution is 5.79. The first-order chi connectivity index (χ1) is 14.7. The molecule has 1 aliphatic heterocycles. The van der Waals surface area contributed by atoms with Gasteiger partial charge in [-0.2, -0.15) is 0 Å². The van der Waals surface area contributed by atoms with Gasteiger partial charge in [0.15, 0.2) is 0 Å². The summed E-state index contributed by atoms with van der Waals surface area (Å²) in [6.45, 7) is 2.42. The van der Waals surface area contributed by atoms with E-state index >= 15 is 0 Å². The molecule has 0 bridgehead atoms. The Labute approximate surface area is 177 Å². The summed E-state index contributed by atoms with van der Waals surface area (Å²) in [5.74, 6) is 2.18. The molecule has 1 aromatic heterocycles. The molecule has 1 atom stereocenters. The summed E-state index contributed by atoms with van der Waals surface area (Å²) < 4.78 is 7.42. The van der Waals surface area contributed by atoms with Gasteiger partial charge in [-0.15, -0.1) is 0 Å². The van der Waals surface area contributed by atoms with Crippen LogP contribution in [0.1, 0.15) is 30.7 Å². The minimum Gasteiger partial charge on any atom is -0.497 e. The molecule has 6 heteroatoms. The minimum atomic E-state index is 0.270. The first-order valence-electron chi connectivity index (χ1n) is 10.7. The summed E-state index contributed by atoms with van der Waals surface area (Å²) in [6, 6.07) is 16.6. The fourth-order valence-electron chi connectivity index (χ4n) is 4.32. The first kappa shape index (κ1) is 20.4. The second-order valence-electron chi connectivity index (χ2n) is 7.92. The van der Waals surface area contributed by atoms with E-state index in [4.69, 9.17) is 9.72 Å². The van der Waals surface area contributed by atoms with Crippen molar-refractivity contribution >= 4 is 16.9 Å². The van der Waals surface area contributed by atoms with Crippen LogP contribution in [0.4, 0.5) is 0 Å². The molecule has 1 aliphatic rings. The smallest absolute Gasteiger partial charge is 0.222 e. The van der Waals surface area contributed by atoms with Gasteiger partial charge in [-0.1, -0.05) is 24.3 Å². The standard InChI is InChI=1S/C24H30N4O2/c1-27-22-9-4-3-8-21(22)26-23(27)13-15-28-19(10-11-24(28)29)12-14-25-17-18-6-5-7-20(16-18)30-2/h3-9,16,19,25H,10-15,17H2,1-2H3. The van der Waals surface area contributed by atoms with Crippen molar-refractivity contribution in [2.24, 2.45) is 7.05 Å². The first-order valence-corrected chi connectivity index (χ1v) is 10.7. The molecule has 3 aromatic rings. The van der Waals surface area contributed by atoms with E-state index in [9.17, 15) is 4.79 Å². The predicted octanol–water partition coefficient (Wildman–Crippen LogP) is 3.30. The zero-order chi connectivity index (χ0) is 20.9. The van der Waals surface area contributed by atoms with Crippen molar-refractivity contribution in [3.8, 4) is 5.75 Å². The normalized spacial score (nSPS) is 16.5. The molecule has 1 unspecified atom stereocenters. The molecule has 1 N–H and O–H groups in total. The van der Waals surface area contributed by atoms with E-state index in [1.165, 1.54) is 5.56 Å². The van der Waals surface area contributed by atoms with Crippen LogP contribution in [-0.2, 0) is 24.8 Å². The molecule has 2 heterocycles. The van der Waals surface area contributed by atoms with Gasteiger partial charge < -0.3 is 19.5 Å². The molecule has 158 valence electrons. The number of carbonyl (C=O) groups excluding carboxylic acids is 1. The number of aryl methyl sites for hydroxylation is 1. The third-order valence-electron chi connectivity index (χ3n) is 6.03. The summed E-state index contributed by atoms with van der Waals surface area (Å²) in [4.78, 5) is 19.3. The van der Waals surface area contributed by atoms with Crippen molar-refractivity contribution in [2.45, 2.75) is 38.3 Å². The summed E-state index contributed by atoms with van der Waals surface area (Å²) in [6.07, 6.45) is 3.36. The number of nitrogens with zero attached hydrogens (tertiary/aromatic N) is 3. The lowest BCUT2D eigenvalue weighted by molar-refractivity contribution is -0.129. The van der Waals surface area contributed by atoms with Crippen LogP contribution in [0.25, 0.3) is 11.0 Å². The summed E-state index contributed by atoms with van der Waals surface area (Å²) in [5.41, 5.74) is 3.36. The van der Waals surface area contributed by atoms with Gasteiger partial charge in [0.25, 0.3) is 0 Å². The number of benzene rings is 2. The van der Waals surface area contributed by atoms with Gasteiger partial charge in [0.05, 0.1) is 18.1 Å². The lowest BCUT2D eigenvalue weighted by atomic mass is 10.1. The average Bonchev–Trinajstić information content (AvgIpc) is 3.29. The lowest BCUT2D eigenvalue weighted by Crippen LogP contribution is -2.36. The highest BCUT2D eigenvalue weighted by Crippen LogP contribution is 2.22. The number of nitrogens with one attached hydrogen (secondary N) is 1. The molecular weight excluding hydrogens is 376 g/mol. The van der Waals surface area contributed by atoms with Gasteiger partial charge in [0, 0.05) is 39.0 Å². The molecule has 1 fully saturated rings. The Hall–Kier alpha value is -2.86. The topological polar surface area (TPSA) is 59.4 Å². The Kier molecular flexibility index (Phi) is 6.33. The number of ether oxygens (including phenoxy) is 1. The molecule has 0 aliphatic carbocycles. The molecular formula is C24H30N4O2. The number of fused-ring (bicyclic) bond motifs is 1. The summed E-state index contributed by atoms with van der Waals surface area (Å²) in [7, 11) is 3.74. The molecule has 6 nitrogen and oxygen atoms in total. The van der Waals surface area contributed by atoms with Crippen molar-refractivity contribution in [1.82, 2.24) is 19.8 Å². The average molecular weight is 407 g/mol. The Morgan fingerprint density at radius 3 is 2.90 bits per heavy atom. The van der Waals surface area contributed by atoms with Gasteiger partial charge in [-0.25, -0.2) is 4.98 Å². The van der Waals surface area contributed by atoms with E-state index in [2.05, 4.69) is 40.0 Å². The van der Waals surface area contributed by atoms with Crippen LogP contribution in [-0.4, -0.2) is 46.6 Å². The molecule has 0 radical (unpaired) electrons. The third-order valence-corrected chi connectivity index (χ3v) is 6.03. The number of amides is 1. The zero-order valence-electron chi connectivity index (χ0n) is 17.8. The highest BCUT2D eigenvalue weighted by Gasteiger charge is 2.30. The highest BCUT2D eigenvalue weighted by atomic mass is 16.5. The largest absolute Gasteiger partial charge is 0.497 e. The van der Waals surface area contributed by atoms with E-state index in [0.29, 0.717) is 12.5 Å². The number of methoxy groups -OCH3 is 1. The molecule has 30 heavy (non-hydrogen) atoms. The van der Waals surface area contributed by atoms with Crippen molar-refractivity contribution in [3.63, 3.8) is 0 Å². The van der Waals surface area contributed by atoms with Crippen molar-refractivity contribution < 1.29 is 9.53 Å². The number of hydrogen-bond donors (Lipinski definition) is 1. The number of hydrogen-bond acceptors (Lipinski definition) is 4. The molecule has 0 spiro atoms. The monoisotopic (exact) mass is 406 g/mol. The van der Waals surface area contributed by atoms with Gasteiger partial charge in [0.2, 0.25) is 5.91 Å². The van der Waals surface area contributed by atoms with Gasteiger partial charge in [-0.3, -0.25) is 4.79 Å². The minimum absolute atomic E-state index is 0.270. The number of para-hydroxylation sites is 2.